The molecule has 0 aliphatic carbocycles. The van der Waals surface area contributed by atoms with Crippen molar-refractivity contribution in [2.24, 2.45) is 0 Å². The van der Waals surface area contributed by atoms with Crippen LogP contribution >= 0.6 is 0 Å². The summed E-state index contributed by atoms with van der Waals surface area (Å²) < 4.78 is 5.07. The van der Waals surface area contributed by atoms with Crippen molar-refractivity contribution in [3.63, 3.8) is 0 Å². The van der Waals surface area contributed by atoms with E-state index in [0.29, 0.717) is 13.0 Å². The lowest BCUT2D eigenvalue weighted by atomic mass is 10.0. The van der Waals surface area contributed by atoms with E-state index in [-0.39, 0.29) is 24.4 Å². The third-order valence-corrected chi connectivity index (χ3v) is 3.45. The molecule has 1 heterocycles. The molecule has 1 aliphatic heterocycles. The summed E-state index contributed by atoms with van der Waals surface area (Å²) in [6.45, 7) is 2.42. The number of hydrogen-bond acceptors (Lipinski definition) is 3. The zero-order valence-corrected chi connectivity index (χ0v) is 11.8. The third-order valence-electron chi connectivity index (χ3n) is 3.45. The van der Waals surface area contributed by atoms with Crippen LogP contribution < -0.4 is 5.32 Å². The Labute approximate surface area is 118 Å². The second kappa shape index (κ2) is 6.52. The zero-order chi connectivity index (χ0) is 14.5. The molecule has 2 unspecified atom stereocenters. The van der Waals surface area contributed by atoms with E-state index in [1.165, 1.54) is 0 Å². The molecule has 1 aliphatic rings. The maximum Gasteiger partial charge on any atom is 0.246 e. The minimum Gasteiger partial charge on any atom is -0.383 e. The molecular weight excluding hydrogens is 256 g/mol. The molecule has 5 heteroatoms. The van der Waals surface area contributed by atoms with Gasteiger partial charge in [0.05, 0.1) is 19.2 Å². The van der Waals surface area contributed by atoms with Gasteiger partial charge >= 0.3 is 0 Å². The second-order valence-electron chi connectivity index (χ2n) is 5.08. The summed E-state index contributed by atoms with van der Waals surface area (Å²) >= 11 is 0. The smallest absolute Gasteiger partial charge is 0.246 e. The summed E-state index contributed by atoms with van der Waals surface area (Å²) in [5.41, 5.74) is 1.03. The van der Waals surface area contributed by atoms with E-state index in [4.69, 9.17) is 4.74 Å². The van der Waals surface area contributed by atoms with Crippen molar-refractivity contribution in [3.8, 4) is 0 Å². The quantitative estimate of drug-likeness (QED) is 0.856. The number of carbonyl (C=O) groups excluding carboxylic acids is 2. The molecule has 5 nitrogen and oxygen atoms in total. The predicted octanol–water partition coefficient (Wildman–Crippen LogP) is 0.591. The summed E-state index contributed by atoms with van der Waals surface area (Å²) in [5.74, 6) is -0.161. The van der Waals surface area contributed by atoms with E-state index in [9.17, 15) is 9.59 Å². The van der Waals surface area contributed by atoms with Gasteiger partial charge in [0, 0.05) is 13.5 Å². The maximum atomic E-state index is 12.4. The Balaban J connectivity index is 2.09. The Morgan fingerprint density at radius 3 is 2.70 bits per heavy atom. The number of nitrogens with one attached hydrogen (secondary N) is 1. The average molecular weight is 276 g/mol. The lowest BCUT2D eigenvalue weighted by Crippen LogP contribution is -2.61. The molecule has 20 heavy (non-hydrogen) atoms. The highest BCUT2D eigenvalue weighted by molar-refractivity contribution is 5.95. The molecule has 1 aromatic rings. The lowest BCUT2D eigenvalue weighted by Gasteiger charge is -2.36. The van der Waals surface area contributed by atoms with Crippen molar-refractivity contribution in [2.75, 3.05) is 20.3 Å². The molecule has 0 radical (unpaired) electrons. The van der Waals surface area contributed by atoms with Gasteiger partial charge < -0.3 is 15.0 Å². The van der Waals surface area contributed by atoms with Crippen LogP contribution in [0.15, 0.2) is 30.3 Å². The van der Waals surface area contributed by atoms with Gasteiger partial charge in [0.2, 0.25) is 11.8 Å². The van der Waals surface area contributed by atoms with Crippen LogP contribution in [0.1, 0.15) is 12.5 Å². The number of hydrogen-bond donors (Lipinski definition) is 1. The van der Waals surface area contributed by atoms with Gasteiger partial charge in [0.25, 0.3) is 0 Å². The number of benzene rings is 1. The number of amides is 2. The predicted molar refractivity (Wildman–Crippen MR) is 75.1 cm³/mol. The van der Waals surface area contributed by atoms with Gasteiger partial charge in [0.1, 0.15) is 6.04 Å². The molecule has 2 atom stereocenters. The molecule has 1 saturated heterocycles. The van der Waals surface area contributed by atoms with Gasteiger partial charge in [-0.2, -0.15) is 0 Å². The van der Waals surface area contributed by atoms with Crippen LogP contribution in [0.4, 0.5) is 0 Å². The monoisotopic (exact) mass is 276 g/mol. The van der Waals surface area contributed by atoms with Crippen molar-refractivity contribution < 1.29 is 14.3 Å². The average Bonchev–Trinajstić information content (AvgIpc) is 2.44. The largest absolute Gasteiger partial charge is 0.383 e. The molecule has 0 aromatic heterocycles. The van der Waals surface area contributed by atoms with Crippen molar-refractivity contribution in [2.45, 2.75) is 25.4 Å². The second-order valence-corrected chi connectivity index (χ2v) is 5.08. The van der Waals surface area contributed by atoms with Crippen LogP contribution in [0.2, 0.25) is 0 Å². The molecular formula is C15H20N2O3. The Morgan fingerprint density at radius 1 is 1.35 bits per heavy atom. The Kier molecular flexibility index (Phi) is 4.74. The SMILES string of the molecule is COCC(C)N1CC(=O)NC(Cc2ccccc2)C1=O. The van der Waals surface area contributed by atoms with Gasteiger partial charge in [-0.25, -0.2) is 0 Å². The first-order valence-electron chi connectivity index (χ1n) is 6.74. The molecule has 0 spiro atoms. The highest BCUT2D eigenvalue weighted by Crippen LogP contribution is 2.12. The molecule has 1 fully saturated rings. The van der Waals surface area contributed by atoms with E-state index in [1.807, 2.05) is 37.3 Å². The van der Waals surface area contributed by atoms with Crippen LogP contribution in [0.25, 0.3) is 0 Å². The molecule has 1 aromatic carbocycles. The van der Waals surface area contributed by atoms with Crippen LogP contribution in [0, 0.1) is 0 Å². The van der Waals surface area contributed by atoms with Crippen LogP contribution in [-0.4, -0.2) is 49.1 Å². The van der Waals surface area contributed by atoms with Gasteiger partial charge in [-0.3, -0.25) is 9.59 Å². The summed E-state index contributed by atoms with van der Waals surface area (Å²) in [5, 5.41) is 2.77. The molecule has 2 rings (SSSR count). The summed E-state index contributed by atoms with van der Waals surface area (Å²) in [6.07, 6.45) is 0.515. The van der Waals surface area contributed by atoms with E-state index >= 15 is 0 Å². The third kappa shape index (κ3) is 3.36. The minimum absolute atomic E-state index is 0.0435. The number of methoxy groups -OCH3 is 1. The fraction of sp³-hybridized carbons (Fsp3) is 0.467. The van der Waals surface area contributed by atoms with Crippen molar-refractivity contribution >= 4 is 11.8 Å². The first-order valence-corrected chi connectivity index (χ1v) is 6.74. The highest BCUT2D eigenvalue weighted by Gasteiger charge is 2.34. The topological polar surface area (TPSA) is 58.6 Å². The van der Waals surface area contributed by atoms with Crippen LogP contribution in [0.3, 0.4) is 0 Å². The van der Waals surface area contributed by atoms with E-state index in [0.717, 1.165) is 5.56 Å². The number of carbonyl (C=O) groups is 2. The van der Waals surface area contributed by atoms with Gasteiger partial charge in [-0.1, -0.05) is 30.3 Å². The Hall–Kier alpha value is -1.88. The summed E-state index contributed by atoms with van der Waals surface area (Å²) in [4.78, 5) is 25.8. The van der Waals surface area contributed by atoms with E-state index in [2.05, 4.69) is 5.32 Å². The first-order chi connectivity index (χ1) is 9.61. The fourth-order valence-electron chi connectivity index (χ4n) is 2.43. The Bertz CT molecular complexity index is 475. The summed E-state index contributed by atoms with van der Waals surface area (Å²) in [6, 6.07) is 9.10. The molecule has 0 saturated carbocycles. The number of nitrogens with zero attached hydrogens (tertiary/aromatic N) is 1. The van der Waals surface area contributed by atoms with Crippen molar-refractivity contribution in [1.29, 1.82) is 0 Å². The van der Waals surface area contributed by atoms with E-state index < -0.39 is 6.04 Å². The molecule has 0 bridgehead atoms. The standard InChI is InChI=1S/C15H20N2O3/c1-11(10-20-2)17-9-14(18)16-13(15(17)19)8-12-6-4-3-5-7-12/h3-7,11,13H,8-10H2,1-2H3,(H,16,18). The Morgan fingerprint density at radius 2 is 2.05 bits per heavy atom. The zero-order valence-electron chi connectivity index (χ0n) is 11.8. The summed E-state index contributed by atoms with van der Waals surface area (Å²) in [7, 11) is 1.59. The highest BCUT2D eigenvalue weighted by atomic mass is 16.5. The van der Waals surface area contributed by atoms with Crippen molar-refractivity contribution in [3.05, 3.63) is 35.9 Å². The number of ether oxygens (including phenoxy) is 1. The fourth-order valence-corrected chi connectivity index (χ4v) is 2.43. The molecule has 2 amide bonds. The molecule has 1 N–H and O–H groups in total. The van der Waals surface area contributed by atoms with E-state index in [1.54, 1.807) is 12.0 Å². The van der Waals surface area contributed by atoms with Gasteiger partial charge in [-0.05, 0) is 12.5 Å². The van der Waals surface area contributed by atoms with Crippen LogP contribution in [-0.2, 0) is 20.7 Å². The first kappa shape index (κ1) is 14.5. The number of piperazine rings is 1. The minimum atomic E-state index is -0.488. The van der Waals surface area contributed by atoms with Crippen LogP contribution in [0.5, 0.6) is 0 Å². The molecule has 108 valence electrons. The number of rotatable bonds is 5. The van der Waals surface area contributed by atoms with Gasteiger partial charge in [0.15, 0.2) is 0 Å². The lowest BCUT2D eigenvalue weighted by molar-refractivity contribution is -0.147. The van der Waals surface area contributed by atoms with Crippen molar-refractivity contribution in [1.82, 2.24) is 10.2 Å². The normalized spacial score (nSPS) is 20.7. The maximum absolute atomic E-state index is 12.4. The van der Waals surface area contributed by atoms with Gasteiger partial charge in [-0.15, -0.1) is 0 Å².